The van der Waals surface area contributed by atoms with E-state index in [0.717, 1.165) is 0 Å². The molecule has 5 nitrogen and oxygen atoms in total. The summed E-state index contributed by atoms with van der Waals surface area (Å²) >= 11 is 3.32. The van der Waals surface area contributed by atoms with Crippen LogP contribution in [0.25, 0.3) is 0 Å². The van der Waals surface area contributed by atoms with Gasteiger partial charge in [-0.2, -0.15) is 0 Å². The Bertz CT molecular complexity index is 293. The van der Waals surface area contributed by atoms with Gasteiger partial charge in [-0.3, -0.25) is 0 Å². The molecule has 2 N–H and O–H groups in total. The Morgan fingerprint density at radius 2 is 1.94 bits per heavy atom. The summed E-state index contributed by atoms with van der Waals surface area (Å²) in [5.41, 5.74) is -1.77. The fourth-order valence-electron chi connectivity index (χ4n) is 2.01. The van der Waals surface area contributed by atoms with Gasteiger partial charge in [0.05, 0.1) is 7.11 Å². The Morgan fingerprint density at radius 1 is 1.41 bits per heavy atom. The minimum absolute atomic E-state index is 0.339. The molecule has 0 radical (unpaired) electrons. The number of hydrogen-bond acceptors (Lipinski definition) is 3. The van der Waals surface area contributed by atoms with Crippen LogP contribution in [0.5, 0.6) is 0 Å². The monoisotopic (exact) mass is 309 g/mol. The molecule has 0 fully saturated rings. The Hall–Kier alpha value is -0.780. The number of amides is 1. The lowest BCUT2D eigenvalue weighted by molar-refractivity contribution is -0.154. The van der Waals surface area contributed by atoms with Crippen LogP contribution in [0.1, 0.15) is 33.6 Å². The van der Waals surface area contributed by atoms with Crippen LogP contribution in [0, 0.1) is 5.41 Å². The van der Waals surface area contributed by atoms with E-state index < -0.39 is 23.0 Å². The quantitative estimate of drug-likeness (QED) is 0.583. The third-order valence-electron chi connectivity index (χ3n) is 3.26. The van der Waals surface area contributed by atoms with Gasteiger partial charge in [0, 0.05) is 5.33 Å². The number of methoxy groups -OCH3 is 1. The molecule has 0 saturated carbocycles. The third-order valence-corrected chi connectivity index (χ3v) is 3.66. The molecule has 0 saturated heterocycles. The highest BCUT2D eigenvalue weighted by molar-refractivity contribution is 9.09. The van der Waals surface area contributed by atoms with Gasteiger partial charge < -0.3 is 15.2 Å². The summed E-state index contributed by atoms with van der Waals surface area (Å²) in [5, 5.41) is 11.9. The van der Waals surface area contributed by atoms with Gasteiger partial charge in [0.1, 0.15) is 5.54 Å². The summed E-state index contributed by atoms with van der Waals surface area (Å²) < 4.78 is 4.76. The minimum Gasteiger partial charge on any atom is -0.467 e. The van der Waals surface area contributed by atoms with Crippen LogP contribution in [0.15, 0.2) is 0 Å². The van der Waals surface area contributed by atoms with E-state index >= 15 is 0 Å². The molecule has 0 aromatic rings. The number of ether oxygens (including phenoxy) is 1. The molecule has 17 heavy (non-hydrogen) atoms. The first kappa shape index (κ1) is 16.2. The molecular weight excluding hydrogens is 290 g/mol. The predicted molar refractivity (Wildman–Crippen MR) is 68.4 cm³/mol. The lowest BCUT2D eigenvalue weighted by Gasteiger charge is -2.43. The highest BCUT2D eigenvalue weighted by Gasteiger charge is 2.51. The Balaban J connectivity index is 5.46. The number of carboxylic acid groups (broad SMARTS) is 1. The molecule has 0 aliphatic carbocycles. The normalized spacial score (nSPS) is 14.9. The van der Waals surface area contributed by atoms with Gasteiger partial charge in [-0.05, 0) is 18.3 Å². The van der Waals surface area contributed by atoms with Crippen LogP contribution in [-0.4, -0.2) is 35.1 Å². The molecule has 1 atom stereocenters. The van der Waals surface area contributed by atoms with Crippen molar-refractivity contribution in [2.45, 2.75) is 39.2 Å². The Labute approximate surface area is 110 Å². The average Bonchev–Trinajstić information content (AvgIpc) is 2.24. The third kappa shape index (κ3) is 3.34. The zero-order valence-electron chi connectivity index (χ0n) is 10.7. The number of esters is 1. The summed E-state index contributed by atoms with van der Waals surface area (Å²) in [6, 6.07) is 0. The van der Waals surface area contributed by atoms with Crippen LogP contribution in [0.4, 0.5) is 4.79 Å². The maximum absolute atomic E-state index is 12.0. The van der Waals surface area contributed by atoms with Crippen molar-refractivity contribution < 1.29 is 19.4 Å². The van der Waals surface area contributed by atoms with Crippen molar-refractivity contribution in [3.63, 3.8) is 0 Å². The molecule has 0 aromatic carbocycles. The van der Waals surface area contributed by atoms with Gasteiger partial charge in [0.15, 0.2) is 0 Å². The minimum atomic E-state index is -1.22. The molecule has 0 heterocycles. The first-order valence-corrected chi connectivity index (χ1v) is 6.55. The molecule has 1 unspecified atom stereocenters. The molecule has 0 rings (SSSR count). The van der Waals surface area contributed by atoms with Crippen molar-refractivity contribution in [1.29, 1.82) is 0 Å². The van der Waals surface area contributed by atoms with Gasteiger partial charge in [0.25, 0.3) is 0 Å². The van der Waals surface area contributed by atoms with E-state index in [2.05, 4.69) is 21.2 Å². The van der Waals surface area contributed by atoms with Crippen LogP contribution in [0.2, 0.25) is 0 Å². The van der Waals surface area contributed by atoms with Gasteiger partial charge in [-0.15, -0.1) is 0 Å². The highest BCUT2D eigenvalue weighted by atomic mass is 79.9. The molecular formula is C11H20BrNO4. The average molecular weight is 310 g/mol. The van der Waals surface area contributed by atoms with E-state index in [4.69, 9.17) is 9.84 Å². The second-order valence-electron chi connectivity index (χ2n) is 4.50. The number of rotatable bonds is 6. The van der Waals surface area contributed by atoms with Gasteiger partial charge >= 0.3 is 12.1 Å². The molecule has 0 spiro atoms. The van der Waals surface area contributed by atoms with E-state index in [1.54, 1.807) is 6.92 Å². The highest BCUT2D eigenvalue weighted by Crippen LogP contribution is 2.38. The summed E-state index contributed by atoms with van der Waals surface area (Å²) in [7, 11) is 1.26. The van der Waals surface area contributed by atoms with Crippen molar-refractivity contribution in [2.75, 3.05) is 12.4 Å². The van der Waals surface area contributed by atoms with Crippen molar-refractivity contribution in [3.05, 3.63) is 0 Å². The standard InChI is InChI=1S/C11H20BrNO4/c1-5-11(8(14)17-4,13-9(15)16)10(2,3)6-7-12/h13H,5-7H2,1-4H3,(H,15,16). The largest absolute Gasteiger partial charge is 0.467 e. The summed E-state index contributed by atoms with van der Waals surface area (Å²) in [4.78, 5) is 22.9. The van der Waals surface area contributed by atoms with Gasteiger partial charge in [-0.25, -0.2) is 9.59 Å². The Morgan fingerprint density at radius 3 is 2.24 bits per heavy atom. The summed E-state index contributed by atoms with van der Waals surface area (Å²) in [6.07, 6.45) is -0.234. The van der Waals surface area contributed by atoms with Crippen molar-refractivity contribution in [1.82, 2.24) is 5.32 Å². The number of hydrogen-bond donors (Lipinski definition) is 2. The molecule has 0 aliphatic heterocycles. The number of alkyl halides is 1. The lowest BCUT2D eigenvalue weighted by atomic mass is 9.68. The zero-order valence-corrected chi connectivity index (χ0v) is 12.3. The first-order valence-electron chi connectivity index (χ1n) is 5.43. The summed E-state index contributed by atoms with van der Waals surface area (Å²) in [5.74, 6) is -0.548. The molecule has 0 bridgehead atoms. The smallest absolute Gasteiger partial charge is 0.405 e. The van der Waals surface area contributed by atoms with Crippen LogP contribution in [0.3, 0.4) is 0 Å². The maximum atomic E-state index is 12.0. The predicted octanol–water partition coefficient (Wildman–Crippen LogP) is 2.39. The topological polar surface area (TPSA) is 75.6 Å². The molecule has 0 aliphatic rings. The summed E-state index contributed by atoms with van der Waals surface area (Å²) in [6.45, 7) is 5.47. The zero-order chi connectivity index (χ0) is 13.7. The number of carbonyl (C=O) groups excluding carboxylic acids is 1. The number of nitrogens with one attached hydrogen (secondary N) is 1. The maximum Gasteiger partial charge on any atom is 0.405 e. The van der Waals surface area contributed by atoms with Crippen LogP contribution < -0.4 is 5.32 Å². The fraction of sp³-hybridized carbons (Fsp3) is 0.818. The fourth-order valence-corrected chi connectivity index (χ4v) is 3.01. The van der Waals surface area contributed by atoms with Crippen LogP contribution >= 0.6 is 15.9 Å². The molecule has 0 aromatic heterocycles. The van der Waals surface area contributed by atoms with Crippen molar-refractivity contribution >= 4 is 28.0 Å². The van der Waals surface area contributed by atoms with E-state index in [1.807, 2.05) is 13.8 Å². The van der Waals surface area contributed by atoms with Gasteiger partial charge in [0.2, 0.25) is 0 Å². The van der Waals surface area contributed by atoms with Gasteiger partial charge in [-0.1, -0.05) is 36.7 Å². The molecule has 1 amide bonds. The van der Waals surface area contributed by atoms with Crippen molar-refractivity contribution in [3.8, 4) is 0 Å². The second-order valence-corrected chi connectivity index (χ2v) is 5.30. The molecule has 6 heteroatoms. The number of carbonyl (C=O) groups is 2. The van der Waals surface area contributed by atoms with Crippen molar-refractivity contribution in [2.24, 2.45) is 5.41 Å². The first-order chi connectivity index (χ1) is 7.77. The van der Waals surface area contributed by atoms with E-state index in [0.29, 0.717) is 18.2 Å². The van der Waals surface area contributed by atoms with E-state index in [-0.39, 0.29) is 0 Å². The second kappa shape index (κ2) is 6.23. The van der Waals surface area contributed by atoms with E-state index in [1.165, 1.54) is 7.11 Å². The number of halogens is 1. The van der Waals surface area contributed by atoms with Crippen LogP contribution in [-0.2, 0) is 9.53 Å². The SMILES string of the molecule is CCC(NC(=O)O)(C(=O)OC)C(C)(C)CCBr. The lowest BCUT2D eigenvalue weighted by Crippen LogP contribution is -2.63. The molecule has 100 valence electrons. The Kier molecular flexibility index (Phi) is 5.95. The van der Waals surface area contributed by atoms with E-state index in [9.17, 15) is 9.59 Å².